The predicted octanol–water partition coefficient (Wildman–Crippen LogP) is 4.46. The van der Waals surface area contributed by atoms with Crippen molar-refractivity contribution < 1.29 is 22.7 Å². The van der Waals surface area contributed by atoms with Crippen LogP contribution in [0.5, 0.6) is 0 Å². The minimum atomic E-state index is -4.61. The van der Waals surface area contributed by atoms with Gasteiger partial charge < -0.3 is 4.74 Å². The third-order valence-corrected chi connectivity index (χ3v) is 6.02. The molecular weight excluding hydrogens is 437 g/mol. The van der Waals surface area contributed by atoms with Gasteiger partial charge in [-0.15, -0.1) is 5.10 Å². The Morgan fingerprint density at radius 1 is 1.18 bits per heavy atom. The van der Waals surface area contributed by atoms with Crippen molar-refractivity contribution in [2.45, 2.75) is 52.3 Å². The van der Waals surface area contributed by atoms with E-state index in [0.717, 1.165) is 35.9 Å². The van der Waals surface area contributed by atoms with Gasteiger partial charge in [-0.2, -0.15) is 18.3 Å². The van der Waals surface area contributed by atoms with E-state index in [4.69, 9.17) is 9.72 Å². The molecular formula is C22H21F3N6O2. The van der Waals surface area contributed by atoms with E-state index in [0.29, 0.717) is 23.2 Å². The molecule has 0 aliphatic heterocycles. The molecule has 0 unspecified atom stereocenters. The van der Waals surface area contributed by atoms with E-state index in [1.807, 2.05) is 25.5 Å². The molecule has 1 aliphatic rings. The fraction of sp³-hybridized carbons (Fsp3) is 0.409. The number of hydrogen-bond donors (Lipinski definition) is 0. The van der Waals surface area contributed by atoms with Crippen molar-refractivity contribution in [2.24, 2.45) is 0 Å². The molecule has 1 fully saturated rings. The number of aryl methyl sites for hydroxylation is 2. The quantitative estimate of drug-likeness (QED) is 0.420. The van der Waals surface area contributed by atoms with Crippen LogP contribution in [0.2, 0.25) is 0 Å². The maximum absolute atomic E-state index is 13.5. The van der Waals surface area contributed by atoms with Crippen molar-refractivity contribution in [1.82, 2.24) is 29.4 Å². The Bertz CT molecular complexity index is 1430. The molecule has 1 saturated carbocycles. The van der Waals surface area contributed by atoms with Crippen LogP contribution in [0.15, 0.2) is 12.1 Å². The molecule has 0 N–H and O–H groups in total. The molecule has 5 rings (SSSR count). The van der Waals surface area contributed by atoms with Gasteiger partial charge in [-0.1, -0.05) is 0 Å². The van der Waals surface area contributed by atoms with Crippen molar-refractivity contribution in [3.63, 3.8) is 0 Å². The lowest BCUT2D eigenvalue weighted by molar-refractivity contribution is -0.141. The minimum absolute atomic E-state index is 0.0250. The first-order chi connectivity index (χ1) is 15.6. The molecule has 1 aliphatic carbocycles. The number of carbonyl (C=O) groups excluding carboxylic acids is 1. The number of nitrogens with zero attached hydrogens (tertiary/aromatic N) is 6. The first-order valence-electron chi connectivity index (χ1n) is 10.6. The smallest absolute Gasteiger partial charge is 0.433 e. The summed E-state index contributed by atoms with van der Waals surface area (Å²) in [7, 11) is 1.23. The Balaban J connectivity index is 1.89. The number of rotatable bonds is 4. The first-order valence-corrected chi connectivity index (χ1v) is 10.6. The molecule has 0 aromatic carbocycles. The third kappa shape index (κ3) is 3.33. The Labute approximate surface area is 186 Å². The van der Waals surface area contributed by atoms with Crippen LogP contribution in [0, 0.1) is 13.8 Å². The number of ether oxygens (including phenoxy) is 1. The molecule has 0 saturated heterocycles. The molecule has 4 aromatic rings. The highest BCUT2D eigenvalue weighted by atomic mass is 19.4. The van der Waals surface area contributed by atoms with Crippen LogP contribution in [-0.4, -0.2) is 42.4 Å². The summed E-state index contributed by atoms with van der Waals surface area (Å²) in [5, 5.41) is 9.20. The van der Waals surface area contributed by atoms with E-state index in [-0.39, 0.29) is 22.9 Å². The number of aromatic nitrogens is 6. The van der Waals surface area contributed by atoms with Crippen molar-refractivity contribution in [1.29, 1.82) is 0 Å². The van der Waals surface area contributed by atoms with Gasteiger partial charge >= 0.3 is 12.1 Å². The third-order valence-electron chi connectivity index (χ3n) is 6.02. The topological polar surface area (TPSA) is 87.2 Å². The first kappa shape index (κ1) is 21.4. The molecule has 172 valence electrons. The molecule has 0 amide bonds. The van der Waals surface area contributed by atoms with Crippen LogP contribution in [0.3, 0.4) is 0 Å². The highest BCUT2D eigenvalue weighted by Gasteiger charge is 2.37. The SMILES string of the molecule is CCn1nc(C)c(-c2cc(C(=O)OC)n3nc4nc(C(F)(F)F)cc(C5CC5)c4c3n2)c1C. The number of alkyl halides is 3. The van der Waals surface area contributed by atoms with Gasteiger partial charge in [0.1, 0.15) is 5.69 Å². The summed E-state index contributed by atoms with van der Waals surface area (Å²) in [4.78, 5) is 21.2. The van der Waals surface area contributed by atoms with Crippen molar-refractivity contribution >= 4 is 22.6 Å². The van der Waals surface area contributed by atoms with Gasteiger partial charge in [-0.3, -0.25) is 4.68 Å². The molecule has 0 bridgehead atoms. The monoisotopic (exact) mass is 458 g/mol. The summed E-state index contributed by atoms with van der Waals surface area (Å²) in [6.07, 6.45) is -3.06. The van der Waals surface area contributed by atoms with Crippen LogP contribution < -0.4 is 0 Å². The molecule has 0 atom stereocenters. The Kier molecular flexibility index (Phi) is 4.69. The summed E-state index contributed by atoms with van der Waals surface area (Å²) in [5.74, 6) is -0.707. The summed E-state index contributed by atoms with van der Waals surface area (Å²) in [6, 6.07) is 2.61. The van der Waals surface area contributed by atoms with Gasteiger partial charge in [-0.05, 0) is 57.2 Å². The summed E-state index contributed by atoms with van der Waals surface area (Å²) in [6.45, 7) is 6.38. The molecule has 33 heavy (non-hydrogen) atoms. The van der Waals surface area contributed by atoms with E-state index in [2.05, 4.69) is 15.2 Å². The number of halogens is 3. The highest BCUT2D eigenvalue weighted by molar-refractivity contribution is 5.98. The second-order valence-corrected chi connectivity index (χ2v) is 8.18. The highest BCUT2D eigenvalue weighted by Crippen LogP contribution is 2.45. The van der Waals surface area contributed by atoms with Crippen LogP contribution in [0.4, 0.5) is 13.2 Å². The van der Waals surface area contributed by atoms with Gasteiger partial charge in [-0.25, -0.2) is 19.3 Å². The van der Waals surface area contributed by atoms with Gasteiger partial charge in [0.15, 0.2) is 17.0 Å². The summed E-state index contributed by atoms with van der Waals surface area (Å²) >= 11 is 0. The predicted molar refractivity (Wildman–Crippen MR) is 113 cm³/mol. The second-order valence-electron chi connectivity index (χ2n) is 8.18. The zero-order valence-corrected chi connectivity index (χ0v) is 18.5. The largest absolute Gasteiger partial charge is 0.464 e. The fourth-order valence-corrected chi connectivity index (χ4v) is 4.32. The summed E-state index contributed by atoms with van der Waals surface area (Å²) < 4.78 is 48.5. The minimum Gasteiger partial charge on any atom is -0.464 e. The van der Waals surface area contributed by atoms with Crippen LogP contribution in [0.25, 0.3) is 27.9 Å². The van der Waals surface area contributed by atoms with E-state index in [9.17, 15) is 18.0 Å². The molecule has 11 heteroatoms. The number of esters is 1. The van der Waals surface area contributed by atoms with Gasteiger partial charge in [0, 0.05) is 17.8 Å². The van der Waals surface area contributed by atoms with E-state index in [1.165, 1.54) is 17.7 Å². The van der Waals surface area contributed by atoms with E-state index in [1.54, 1.807) is 0 Å². The van der Waals surface area contributed by atoms with Crippen molar-refractivity contribution in [3.05, 3.63) is 40.5 Å². The number of methoxy groups -OCH3 is 1. The molecule has 4 heterocycles. The molecule has 0 radical (unpaired) electrons. The maximum atomic E-state index is 13.5. The Morgan fingerprint density at radius 2 is 1.91 bits per heavy atom. The lowest BCUT2D eigenvalue weighted by Crippen LogP contribution is -2.11. The van der Waals surface area contributed by atoms with Gasteiger partial charge in [0.25, 0.3) is 0 Å². The van der Waals surface area contributed by atoms with Crippen molar-refractivity contribution in [3.8, 4) is 11.3 Å². The lowest BCUT2D eigenvalue weighted by Gasteiger charge is -2.09. The van der Waals surface area contributed by atoms with Crippen LogP contribution in [0.1, 0.15) is 58.8 Å². The number of pyridine rings is 1. The Hall–Kier alpha value is -3.50. The van der Waals surface area contributed by atoms with Crippen molar-refractivity contribution in [2.75, 3.05) is 7.11 Å². The Morgan fingerprint density at radius 3 is 2.48 bits per heavy atom. The number of carbonyl (C=O) groups is 1. The van der Waals surface area contributed by atoms with E-state index >= 15 is 0 Å². The molecule has 8 nitrogen and oxygen atoms in total. The zero-order chi connectivity index (χ0) is 23.7. The average Bonchev–Trinajstić information content (AvgIpc) is 3.49. The fourth-order valence-electron chi connectivity index (χ4n) is 4.32. The van der Waals surface area contributed by atoms with E-state index < -0.39 is 17.8 Å². The van der Waals surface area contributed by atoms with Gasteiger partial charge in [0.05, 0.1) is 23.9 Å². The molecule has 4 aromatic heterocycles. The van der Waals surface area contributed by atoms with Crippen LogP contribution in [-0.2, 0) is 17.5 Å². The van der Waals surface area contributed by atoms with Crippen LogP contribution >= 0.6 is 0 Å². The molecule has 0 spiro atoms. The number of fused-ring (bicyclic) bond motifs is 3. The zero-order valence-electron chi connectivity index (χ0n) is 18.5. The maximum Gasteiger partial charge on any atom is 0.433 e. The summed E-state index contributed by atoms with van der Waals surface area (Å²) in [5.41, 5.74) is 2.54. The average molecular weight is 458 g/mol. The second kappa shape index (κ2) is 7.26. The normalized spacial score (nSPS) is 14.4. The number of hydrogen-bond acceptors (Lipinski definition) is 6. The standard InChI is InChI=1S/C22H21F3N6O2/c1-5-30-11(3)17(10(2)28-30)14-9-15(21(32)33-4)31-20(26-14)18-13(12-6-7-12)8-16(22(23,24)25)27-19(18)29-31/h8-9,12H,5-7H2,1-4H3. The lowest BCUT2D eigenvalue weighted by atomic mass is 10.1. The van der Waals surface area contributed by atoms with Gasteiger partial charge in [0.2, 0.25) is 0 Å².